The predicted molar refractivity (Wildman–Crippen MR) is 111 cm³/mol. The van der Waals surface area contributed by atoms with Crippen LogP contribution in [0.2, 0.25) is 0 Å². The first-order valence-corrected chi connectivity index (χ1v) is 10.7. The molecule has 0 N–H and O–H groups in total. The summed E-state index contributed by atoms with van der Waals surface area (Å²) in [5.41, 5.74) is 2.40. The Morgan fingerprint density at radius 3 is 2.60 bits per heavy atom. The summed E-state index contributed by atoms with van der Waals surface area (Å²) < 4.78 is 23.8. The molecule has 1 aromatic heterocycles. The lowest BCUT2D eigenvalue weighted by Crippen LogP contribution is -2.48. The highest BCUT2D eigenvalue weighted by molar-refractivity contribution is 7.09. The Morgan fingerprint density at radius 2 is 1.80 bits per heavy atom. The van der Waals surface area contributed by atoms with Gasteiger partial charge in [0.2, 0.25) is 6.79 Å². The number of fused-ring (bicyclic) bond motifs is 1. The summed E-state index contributed by atoms with van der Waals surface area (Å²) in [6, 6.07) is 11.7. The zero-order valence-electron chi connectivity index (χ0n) is 16.2. The third-order valence-corrected chi connectivity index (χ3v) is 6.16. The van der Waals surface area contributed by atoms with Crippen LogP contribution in [0.3, 0.4) is 0 Å². The van der Waals surface area contributed by atoms with Gasteiger partial charge >= 0.3 is 0 Å². The second-order valence-corrected chi connectivity index (χ2v) is 8.21. The van der Waals surface area contributed by atoms with Crippen LogP contribution in [-0.4, -0.2) is 53.7 Å². The average molecular weight is 425 g/mol. The second kappa shape index (κ2) is 8.04. The van der Waals surface area contributed by atoms with E-state index in [9.17, 15) is 9.18 Å². The van der Waals surface area contributed by atoms with E-state index in [1.165, 1.54) is 12.1 Å². The van der Waals surface area contributed by atoms with Gasteiger partial charge in [0, 0.05) is 42.7 Å². The molecule has 1 amide bonds. The Kier molecular flexibility index (Phi) is 5.10. The van der Waals surface area contributed by atoms with E-state index in [0.717, 1.165) is 35.9 Å². The molecule has 2 aromatic carbocycles. The van der Waals surface area contributed by atoms with Crippen LogP contribution in [0.25, 0.3) is 11.3 Å². The van der Waals surface area contributed by atoms with Gasteiger partial charge in [-0.1, -0.05) is 0 Å². The number of amides is 1. The van der Waals surface area contributed by atoms with Crippen molar-refractivity contribution in [2.24, 2.45) is 0 Å². The molecule has 0 bridgehead atoms. The third kappa shape index (κ3) is 3.88. The maximum atomic E-state index is 13.1. The van der Waals surface area contributed by atoms with Crippen molar-refractivity contribution in [3.05, 3.63) is 64.2 Å². The zero-order valence-corrected chi connectivity index (χ0v) is 17.0. The summed E-state index contributed by atoms with van der Waals surface area (Å²) in [6.07, 6.45) is 0. The SMILES string of the molecule is O=C(c1ccc2c(c1)OCO2)N1CCN(Cc2nc(-c3ccc(F)cc3)cs2)CC1. The van der Waals surface area contributed by atoms with Crippen molar-refractivity contribution in [1.82, 2.24) is 14.8 Å². The monoisotopic (exact) mass is 425 g/mol. The van der Waals surface area contributed by atoms with Gasteiger partial charge in [-0.2, -0.15) is 0 Å². The summed E-state index contributed by atoms with van der Waals surface area (Å²) in [4.78, 5) is 21.7. The molecule has 1 saturated heterocycles. The highest BCUT2D eigenvalue weighted by atomic mass is 32.1. The fourth-order valence-electron chi connectivity index (χ4n) is 3.65. The van der Waals surface area contributed by atoms with Crippen molar-refractivity contribution < 1.29 is 18.7 Å². The van der Waals surface area contributed by atoms with Crippen molar-refractivity contribution in [3.63, 3.8) is 0 Å². The zero-order chi connectivity index (χ0) is 20.5. The molecule has 3 aromatic rings. The van der Waals surface area contributed by atoms with Crippen molar-refractivity contribution in [2.75, 3.05) is 33.0 Å². The number of thiazole rings is 1. The Hall–Kier alpha value is -2.97. The van der Waals surface area contributed by atoms with Crippen LogP contribution >= 0.6 is 11.3 Å². The minimum atomic E-state index is -0.248. The lowest BCUT2D eigenvalue weighted by atomic mass is 10.1. The molecule has 0 saturated carbocycles. The van der Waals surface area contributed by atoms with Crippen LogP contribution in [0.5, 0.6) is 11.5 Å². The summed E-state index contributed by atoms with van der Waals surface area (Å²) in [5.74, 6) is 1.07. The predicted octanol–water partition coefficient (Wildman–Crippen LogP) is 3.64. The largest absolute Gasteiger partial charge is 0.454 e. The molecular weight excluding hydrogens is 405 g/mol. The van der Waals surface area contributed by atoms with Gasteiger partial charge in [0.15, 0.2) is 11.5 Å². The molecule has 0 spiro atoms. The van der Waals surface area contributed by atoms with E-state index in [0.29, 0.717) is 30.2 Å². The fourth-order valence-corrected chi connectivity index (χ4v) is 4.49. The topological polar surface area (TPSA) is 54.9 Å². The van der Waals surface area contributed by atoms with Crippen LogP contribution in [0.15, 0.2) is 47.8 Å². The van der Waals surface area contributed by atoms with E-state index in [1.807, 2.05) is 10.3 Å². The Labute approximate surface area is 177 Å². The summed E-state index contributed by atoms with van der Waals surface area (Å²) in [5, 5.41) is 3.02. The number of nitrogens with zero attached hydrogens (tertiary/aromatic N) is 3. The van der Waals surface area contributed by atoms with Crippen molar-refractivity contribution in [2.45, 2.75) is 6.54 Å². The lowest BCUT2D eigenvalue weighted by Gasteiger charge is -2.34. The van der Waals surface area contributed by atoms with E-state index in [4.69, 9.17) is 9.47 Å². The number of rotatable bonds is 4. The molecule has 0 aliphatic carbocycles. The number of hydrogen-bond acceptors (Lipinski definition) is 6. The standard InChI is InChI=1S/C22H20FN3O3S/c23-17-4-1-15(2-5-17)18-13-30-21(24-18)12-25-7-9-26(10-8-25)22(27)16-3-6-19-20(11-16)29-14-28-19/h1-6,11,13H,7-10,12,14H2. The number of hydrogen-bond donors (Lipinski definition) is 0. The number of carbonyl (C=O) groups is 1. The molecule has 0 atom stereocenters. The van der Waals surface area contributed by atoms with E-state index < -0.39 is 0 Å². The Morgan fingerprint density at radius 1 is 1.03 bits per heavy atom. The van der Waals surface area contributed by atoms with Crippen molar-refractivity contribution in [1.29, 1.82) is 0 Å². The fraction of sp³-hybridized carbons (Fsp3) is 0.273. The number of piperazine rings is 1. The second-order valence-electron chi connectivity index (χ2n) is 7.27. The van der Waals surface area contributed by atoms with Gasteiger partial charge in [-0.15, -0.1) is 11.3 Å². The van der Waals surface area contributed by atoms with Gasteiger partial charge in [-0.3, -0.25) is 9.69 Å². The van der Waals surface area contributed by atoms with Gasteiger partial charge in [-0.25, -0.2) is 9.37 Å². The number of benzene rings is 2. The first-order valence-electron chi connectivity index (χ1n) is 9.77. The maximum absolute atomic E-state index is 13.1. The van der Waals surface area contributed by atoms with E-state index in [2.05, 4.69) is 9.88 Å². The number of aromatic nitrogens is 1. The number of carbonyl (C=O) groups excluding carboxylic acids is 1. The van der Waals surface area contributed by atoms with Crippen molar-refractivity contribution >= 4 is 17.2 Å². The molecule has 154 valence electrons. The summed E-state index contributed by atoms with van der Waals surface area (Å²) >= 11 is 1.60. The van der Waals surface area contributed by atoms with Gasteiger partial charge in [-0.05, 0) is 42.5 Å². The van der Waals surface area contributed by atoms with Gasteiger partial charge in [0.1, 0.15) is 10.8 Å². The van der Waals surface area contributed by atoms with Crippen LogP contribution in [0, 0.1) is 5.82 Å². The molecular formula is C22H20FN3O3S. The molecule has 8 heteroatoms. The first-order chi connectivity index (χ1) is 14.7. The minimum absolute atomic E-state index is 0.0146. The lowest BCUT2D eigenvalue weighted by molar-refractivity contribution is 0.0628. The third-order valence-electron chi connectivity index (χ3n) is 5.33. The molecule has 3 heterocycles. The Bertz CT molecular complexity index is 1060. The highest BCUT2D eigenvalue weighted by Crippen LogP contribution is 2.33. The van der Waals surface area contributed by atoms with Crippen LogP contribution in [-0.2, 0) is 6.54 Å². The molecule has 6 nitrogen and oxygen atoms in total. The highest BCUT2D eigenvalue weighted by Gasteiger charge is 2.24. The molecule has 30 heavy (non-hydrogen) atoms. The van der Waals surface area contributed by atoms with Gasteiger partial charge < -0.3 is 14.4 Å². The number of ether oxygens (including phenoxy) is 2. The van der Waals surface area contributed by atoms with Crippen LogP contribution in [0.4, 0.5) is 4.39 Å². The quantitative estimate of drug-likeness (QED) is 0.639. The normalized spacial score (nSPS) is 16.1. The maximum Gasteiger partial charge on any atom is 0.254 e. The van der Waals surface area contributed by atoms with E-state index in [-0.39, 0.29) is 18.5 Å². The number of halogens is 1. The van der Waals surface area contributed by atoms with E-state index in [1.54, 1.807) is 41.7 Å². The molecule has 1 fully saturated rings. The molecule has 2 aliphatic rings. The van der Waals surface area contributed by atoms with E-state index >= 15 is 0 Å². The first kappa shape index (κ1) is 19.0. The summed E-state index contributed by atoms with van der Waals surface area (Å²) in [7, 11) is 0. The van der Waals surface area contributed by atoms with Crippen molar-refractivity contribution in [3.8, 4) is 22.8 Å². The summed E-state index contributed by atoms with van der Waals surface area (Å²) in [6.45, 7) is 3.87. The smallest absolute Gasteiger partial charge is 0.254 e. The van der Waals surface area contributed by atoms with Crippen LogP contribution < -0.4 is 9.47 Å². The minimum Gasteiger partial charge on any atom is -0.454 e. The average Bonchev–Trinajstić information content (AvgIpc) is 3.43. The van der Waals surface area contributed by atoms with Gasteiger partial charge in [0.05, 0.1) is 12.2 Å². The molecule has 0 radical (unpaired) electrons. The Balaban J connectivity index is 1.17. The van der Waals surface area contributed by atoms with Gasteiger partial charge in [0.25, 0.3) is 5.91 Å². The van der Waals surface area contributed by atoms with Crippen LogP contribution in [0.1, 0.15) is 15.4 Å². The molecule has 0 unspecified atom stereocenters. The molecule has 5 rings (SSSR count). The molecule has 2 aliphatic heterocycles.